The van der Waals surface area contributed by atoms with E-state index in [1.165, 1.54) is 19.2 Å². The van der Waals surface area contributed by atoms with Crippen molar-refractivity contribution in [1.82, 2.24) is 0 Å². The fourth-order valence-corrected chi connectivity index (χ4v) is 4.86. The van der Waals surface area contributed by atoms with Gasteiger partial charge in [0.05, 0.1) is 18.6 Å². The van der Waals surface area contributed by atoms with Crippen molar-refractivity contribution in [3.63, 3.8) is 0 Å². The lowest BCUT2D eigenvalue weighted by Gasteiger charge is -2.44. The summed E-state index contributed by atoms with van der Waals surface area (Å²) in [5, 5.41) is 7.00. The Morgan fingerprint density at radius 3 is 2.26 bits per heavy atom. The molecule has 180 valence electrons. The van der Waals surface area contributed by atoms with E-state index in [0.717, 1.165) is 22.8 Å². The Morgan fingerprint density at radius 2 is 1.71 bits per heavy atom. The lowest BCUT2D eigenvalue weighted by atomic mass is 9.68. The molecule has 0 saturated heterocycles. The molecule has 0 aromatic heterocycles. The third-order valence-electron chi connectivity index (χ3n) is 5.95. The van der Waals surface area contributed by atoms with Crippen molar-refractivity contribution in [2.24, 2.45) is 11.1 Å². The number of esters is 1. The number of methoxy groups -OCH3 is 1. The van der Waals surface area contributed by atoms with Crippen LogP contribution in [0.1, 0.15) is 38.2 Å². The van der Waals surface area contributed by atoms with Crippen LogP contribution < -0.4 is 10.6 Å². The first-order valence-electron chi connectivity index (χ1n) is 10.7. The molecule has 34 heavy (non-hydrogen) atoms. The minimum atomic E-state index is -0.647. The first-order chi connectivity index (χ1) is 16.1. The van der Waals surface area contributed by atoms with Crippen LogP contribution in [0, 0.1) is 11.2 Å². The van der Waals surface area contributed by atoms with Gasteiger partial charge in [0.15, 0.2) is 5.78 Å². The van der Waals surface area contributed by atoms with Crippen molar-refractivity contribution in [2.75, 3.05) is 19.1 Å². The van der Waals surface area contributed by atoms with Crippen molar-refractivity contribution < 1.29 is 23.8 Å². The van der Waals surface area contributed by atoms with E-state index in [9.17, 15) is 14.0 Å². The number of allylic oxidation sites excluding steroid dienone is 2. The molecule has 1 aliphatic heterocycles. The number of carbonyl (C=O) groups is 2. The SMILES string of the molecule is CO.COC(=O)C1=C(N)N(c2ccc(F)cc2)C2=C(C(=O)CC(C)(C)C2)C1c1ccc(Br)cc1. The van der Waals surface area contributed by atoms with E-state index in [0.29, 0.717) is 24.1 Å². The normalized spacial score (nSPS) is 19.3. The van der Waals surface area contributed by atoms with E-state index in [1.54, 1.807) is 17.0 Å². The van der Waals surface area contributed by atoms with Crippen LogP contribution in [0.25, 0.3) is 0 Å². The number of nitrogens with zero attached hydrogens (tertiary/aromatic N) is 1. The molecule has 3 N–H and O–H groups in total. The zero-order chi connectivity index (χ0) is 25.2. The van der Waals surface area contributed by atoms with Crippen molar-refractivity contribution in [1.29, 1.82) is 0 Å². The lowest BCUT2D eigenvalue weighted by molar-refractivity contribution is -0.136. The average Bonchev–Trinajstić information content (AvgIpc) is 2.80. The summed E-state index contributed by atoms with van der Waals surface area (Å²) in [5.41, 5.74) is 9.15. The number of aliphatic hydroxyl groups is 1. The third kappa shape index (κ3) is 4.79. The molecule has 0 radical (unpaired) electrons. The fourth-order valence-electron chi connectivity index (χ4n) is 4.59. The largest absolute Gasteiger partial charge is 0.466 e. The summed E-state index contributed by atoms with van der Waals surface area (Å²) in [5.74, 6) is -1.49. The van der Waals surface area contributed by atoms with Gasteiger partial charge in [0.2, 0.25) is 0 Å². The number of aliphatic hydroxyl groups excluding tert-OH is 1. The van der Waals surface area contributed by atoms with E-state index < -0.39 is 11.9 Å². The summed E-state index contributed by atoms with van der Waals surface area (Å²) < 4.78 is 19.6. The van der Waals surface area contributed by atoms with Gasteiger partial charge in [0.25, 0.3) is 0 Å². The number of ether oxygens (including phenoxy) is 1. The van der Waals surface area contributed by atoms with Crippen LogP contribution in [0.4, 0.5) is 10.1 Å². The molecule has 2 aromatic carbocycles. The molecule has 2 aromatic rings. The second-order valence-corrected chi connectivity index (χ2v) is 9.80. The molecule has 6 nitrogen and oxygen atoms in total. The van der Waals surface area contributed by atoms with E-state index in [2.05, 4.69) is 15.9 Å². The molecule has 1 aliphatic carbocycles. The predicted molar refractivity (Wildman–Crippen MR) is 132 cm³/mol. The summed E-state index contributed by atoms with van der Waals surface area (Å²) in [6, 6.07) is 13.3. The number of rotatable bonds is 3. The van der Waals surface area contributed by atoms with Crippen molar-refractivity contribution in [3.05, 3.63) is 87.0 Å². The van der Waals surface area contributed by atoms with Crippen LogP contribution in [0.5, 0.6) is 0 Å². The molecule has 0 fully saturated rings. The Morgan fingerprint density at radius 1 is 1.12 bits per heavy atom. The predicted octanol–water partition coefficient (Wildman–Crippen LogP) is 4.79. The van der Waals surface area contributed by atoms with Gasteiger partial charge in [0.1, 0.15) is 11.6 Å². The minimum Gasteiger partial charge on any atom is -0.466 e. The van der Waals surface area contributed by atoms with Crippen LogP contribution in [-0.2, 0) is 14.3 Å². The van der Waals surface area contributed by atoms with Gasteiger partial charge >= 0.3 is 5.97 Å². The van der Waals surface area contributed by atoms with E-state index >= 15 is 0 Å². The highest BCUT2D eigenvalue weighted by molar-refractivity contribution is 9.10. The molecule has 2 aliphatic rings. The Balaban J connectivity index is 0.00000158. The summed E-state index contributed by atoms with van der Waals surface area (Å²) >= 11 is 3.43. The van der Waals surface area contributed by atoms with Crippen LogP contribution >= 0.6 is 15.9 Å². The molecule has 0 amide bonds. The topological polar surface area (TPSA) is 92.9 Å². The van der Waals surface area contributed by atoms with Gasteiger partial charge in [-0.2, -0.15) is 0 Å². The van der Waals surface area contributed by atoms with Crippen molar-refractivity contribution in [2.45, 2.75) is 32.6 Å². The molecule has 0 bridgehead atoms. The standard InChI is InChI=1S/C25H24BrFN2O3.CH4O/c1-25(2)12-18-21(19(30)13-25)20(14-4-6-15(26)7-5-14)22(24(31)32-3)23(28)29(18)17-10-8-16(27)9-11-17;1-2/h4-11,20H,12-13,28H2,1-3H3;2H,1H3. The molecule has 1 atom stereocenters. The maximum Gasteiger partial charge on any atom is 0.338 e. The lowest BCUT2D eigenvalue weighted by Crippen LogP contribution is -2.43. The number of hydrogen-bond acceptors (Lipinski definition) is 6. The Bertz CT molecular complexity index is 1150. The first kappa shape index (κ1) is 25.6. The number of carbonyl (C=O) groups excluding carboxylic acids is 2. The monoisotopic (exact) mass is 530 g/mol. The van der Waals surface area contributed by atoms with Crippen LogP contribution in [0.15, 0.2) is 75.7 Å². The first-order valence-corrected chi connectivity index (χ1v) is 11.5. The number of Topliss-reactive ketones (excluding diaryl/α,β-unsaturated/α-hetero) is 1. The van der Waals surface area contributed by atoms with Gasteiger partial charge in [-0.25, -0.2) is 9.18 Å². The van der Waals surface area contributed by atoms with Crippen LogP contribution in [-0.4, -0.2) is 31.1 Å². The summed E-state index contributed by atoms with van der Waals surface area (Å²) in [6.45, 7) is 4.06. The van der Waals surface area contributed by atoms with Crippen molar-refractivity contribution in [3.8, 4) is 0 Å². The second-order valence-electron chi connectivity index (χ2n) is 8.89. The van der Waals surface area contributed by atoms with Gasteiger partial charge in [-0.1, -0.05) is 41.9 Å². The van der Waals surface area contributed by atoms with Crippen molar-refractivity contribution >= 4 is 33.4 Å². The fraction of sp³-hybridized carbons (Fsp3) is 0.308. The van der Waals surface area contributed by atoms with E-state index in [4.69, 9.17) is 15.6 Å². The van der Waals surface area contributed by atoms with Gasteiger partial charge in [-0.3, -0.25) is 9.69 Å². The number of hydrogen-bond donors (Lipinski definition) is 2. The summed E-state index contributed by atoms with van der Waals surface area (Å²) in [7, 11) is 2.29. The molecular formula is C26H28BrFN2O4. The molecular weight excluding hydrogens is 503 g/mol. The Labute approximate surface area is 207 Å². The quantitative estimate of drug-likeness (QED) is 0.554. The number of ketones is 1. The average molecular weight is 531 g/mol. The highest BCUT2D eigenvalue weighted by Gasteiger charge is 2.46. The van der Waals surface area contributed by atoms with Gasteiger partial charge in [0, 0.05) is 35.0 Å². The van der Waals surface area contributed by atoms with Gasteiger partial charge in [-0.15, -0.1) is 0 Å². The minimum absolute atomic E-state index is 0.0369. The van der Waals surface area contributed by atoms with Crippen LogP contribution in [0.2, 0.25) is 0 Å². The maximum atomic E-state index is 13.6. The number of anilines is 1. The molecule has 1 heterocycles. The molecule has 4 rings (SSSR count). The molecule has 8 heteroatoms. The highest BCUT2D eigenvalue weighted by Crippen LogP contribution is 2.50. The zero-order valence-electron chi connectivity index (χ0n) is 19.6. The van der Waals surface area contributed by atoms with Gasteiger partial charge in [-0.05, 0) is 53.8 Å². The molecule has 0 saturated carbocycles. The summed E-state index contributed by atoms with van der Waals surface area (Å²) in [6.07, 6.45) is 0.929. The van der Waals surface area contributed by atoms with Gasteiger partial charge < -0.3 is 15.6 Å². The maximum absolute atomic E-state index is 13.6. The number of nitrogens with two attached hydrogens (primary N) is 1. The van der Waals surface area contributed by atoms with E-state index in [-0.39, 0.29) is 28.4 Å². The molecule has 0 spiro atoms. The van der Waals surface area contributed by atoms with Crippen LogP contribution in [0.3, 0.4) is 0 Å². The smallest absolute Gasteiger partial charge is 0.338 e. The summed E-state index contributed by atoms with van der Waals surface area (Å²) in [4.78, 5) is 28.2. The Kier molecular flexibility index (Phi) is 7.63. The molecule has 1 unspecified atom stereocenters. The highest BCUT2D eigenvalue weighted by atomic mass is 79.9. The Hall–Kier alpha value is -2.97. The number of halogens is 2. The number of benzene rings is 2. The zero-order valence-corrected chi connectivity index (χ0v) is 21.1. The second kappa shape index (κ2) is 10.1. The van der Waals surface area contributed by atoms with E-state index in [1.807, 2.05) is 38.1 Å². The third-order valence-corrected chi connectivity index (χ3v) is 6.48.